The van der Waals surface area contributed by atoms with Gasteiger partial charge in [-0.15, -0.1) is 0 Å². The van der Waals surface area contributed by atoms with E-state index in [0.29, 0.717) is 56.3 Å². The molecule has 0 heterocycles. The molecule has 102 heavy (non-hydrogen) atoms. The molecule has 0 aliphatic carbocycles. The first kappa shape index (κ1) is 92.0. The molecule has 1 rings (SSSR count). The standard InChI is InChI=1S/C68H119N17O16S/c1-13-39(6)54(76-44(11)88)66(99)73-36-53(89)77-49(28-32-102-12)61(94)78-47(26-18-21-30-70)62(95)85-56(43(10)87)68(101)83-51(34-38(4)5)64(97)79-46(25-17-20-29-69)60(93)75-40(7)58(91)74-41(8)59(92)82-52(35-45-23-15-14-16-24-45)65(98)80-48(27-19-22-31-71)63(96)84-55(42(9)86)67(100)81-50(57(72)90)33-37(2)3/h14-16,23-24,37-43,46-52,54-56,86-87H,13,17-22,25-36,69-71H2,1-12H3,(H2,72,90)(H,73,99)(H,74,91)(H,75,93)(H,76,88)(H,77,89)(H,78,94)(H,79,97)(H,80,98)(H,81,100)(H,82,92)(H,83,101)(H,84,96)(H,85,95)/t39-,40-,41-,42+,43+,46-,47-,48-,49-,50-,51-,52-,54-,55-,56-/m0/s1. The lowest BCUT2D eigenvalue weighted by Crippen LogP contribution is -2.62. The van der Waals surface area contributed by atoms with Gasteiger partial charge in [0.1, 0.15) is 72.5 Å². The number of hydrogen-bond acceptors (Lipinski definition) is 20. The molecule has 1 aromatic rings. The number of amides is 14. The van der Waals surface area contributed by atoms with Crippen LogP contribution in [0.1, 0.15) is 165 Å². The summed E-state index contributed by atoms with van der Waals surface area (Å²) in [4.78, 5) is 191. The van der Waals surface area contributed by atoms with Crippen molar-refractivity contribution in [1.82, 2.24) is 69.1 Å². The second-order valence-electron chi connectivity index (χ2n) is 26.7. The van der Waals surface area contributed by atoms with Crippen LogP contribution in [-0.2, 0) is 73.5 Å². The molecule has 0 aliphatic heterocycles. The molecule has 15 atom stereocenters. The average molecular weight is 1460 g/mol. The Kier molecular flexibility index (Phi) is 44.7. The van der Waals surface area contributed by atoms with Gasteiger partial charge in [-0.25, -0.2) is 0 Å². The van der Waals surface area contributed by atoms with Gasteiger partial charge in [0.2, 0.25) is 82.7 Å². The van der Waals surface area contributed by atoms with E-state index in [1.165, 1.54) is 46.4 Å². The van der Waals surface area contributed by atoms with Gasteiger partial charge in [0, 0.05) is 13.3 Å². The normalized spacial score (nSPS) is 15.7. The molecule has 0 saturated carbocycles. The number of nitrogens with two attached hydrogens (primary N) is 4. The molecule has 0 bridgehead atoms. The fourth-order valence-corrected chi connectivity index (χ4v) is 10.9. The minimum absolute atomic E-state index is 0.00228. The summed E-state index contributed by atoms with van der Waals surface area (Å²) in [7, 11) is 0. The number of rotatable bonds is 51. The van der Waals surface area contributed by atoms with Gasteiger partial charge in [0.15, 0.2) is 0 Å². The lowest BCUT2D eigenvalue weighted by Gasteiger charge is -2.29. The zero-order valence-corrected chi connectivity index (χ0v) is 62.3. The van der Waals surface area contributed by atoms with Crippen molar-refractivity contribution >= 4 is 94.5 Å². The fourth-order valence-electron chi connectivity index (χ4n) is 10.5. The van der Waals surface area contributed by atoms with Crippen molar-refractivity contribution < 1.29 is 77.3 Å². The highest BCUT2D eigenvalue weighted by Gasteiger charge is 2.38. The van der Waals surface area contributed by atoms with Gasteiger partial charge in [0.25, 0.3) is 0 Å². The number of carbonyl (C=O) groups is 14. The first-order valence-corrected chi connectivity index (χ1v) is 36.6. The molecule has 0 aliphatic rings. The molecule has 1 aromatic carbocycles. The monoisotopic (exact) mass is 1460 g/mol. The lowest BCUT2D eigenvalue weighted by atomic mass is 9.98. The fraction of sp³-hybridized carbons (Fsp3) is 0.706. The smallest absolute Gasteiger partial charge is 0.245 e. The number of carbonyl (C=O) groups excluding carboxylic acids is 14. The Morgan fingerprint density at radius 1 is 0.422 bits per heavy atom. The number of thioether (sulfide) groups is 1. The van der Waals surface area contributed by atoms with E-state index in [1.54, 1.807) is 57.4 Å². The first-order valence-electron chi connectivity index (χ1n) is 35.2. The van der Waals surface area contributed by atoms with Crippen LogP contribution in [0.4, 0.5) is 0 Å². The summed E-state index contributed by atoms with van der Waals surface area (Å²) < 4.78 is 0. The summed E-state index contributed by atoms with van der Waals surface area (Å²) in [6.45, 7) is 17.3. The molecule has 23 N–H and O–H groups in total. The maximum absolute atomic E-state index is 14.3. The molecule has 0 spiro atoms. The van der Waals surface area contributed by atoms with Gasteiger partial charge in [-0.2, -0.15) is 11.8 Å². The second-order valence-corrected chi connectivity index (χ2v) is 27.7. The van der Waals surface area contributed by atoms with E-state index in [9.17, 15) is 77.3 Å². The Hall–Kier alpha value is -8.05. The van der Waals surface area contributed by atoms with Gasteiger partial charge in [-0.3, -0.25) is 67.1 Å². The summed E-state index contributed by atoms with van der Waals surface area (Å²) in [5, 5.41) is 55.1. The number of primary amides is 1. The van der Waals surface area contributed by atoms with E-state index in [4.69, 9.17) is 22.9 Å². The van der Waals surface area contributed by atoms with E-state index < -0.39 is 174 Å². The SMILES string of the molecule is CC[C@H](C)[C@H](NC(C)=O)C(=O)NCC(=O)N[C@@H](CCSC)C(=O)N[C@@H](CCCCN)C(=O)N[C@H](C(=O)N[C@@H](CC(C)C)C(=O)N[C@@H](CCCCN)C(=O)N[C@@H](C)C(=O)N[C@@H](C)C(=O)N[C@@H](Cc1ccccc1)C(=O)N[C@@H](CCCCN)C(=O)N[C@H](C(=O)N[C@@H](CC(C)C)C(N)=O)[C@@H](C)O)[C@@H](C)O. The zero-order chi connectivity index (χ0) is 77.3. The van der Waals surface area contributed by atoms with Crippen LogP contribution in [0.25, 0.3) is 0 Å². The molecule has 578 valence electrons. The van der Waals surface area contributed by atoms with E-state index in [-0.39, 0.29) is 82.3 Å². The molecule has 0 aromatic heterocycles. The Bertz CT molecular complexity index is 2860. The second kappa shape index (κ2) is 49.5. The van der Waals surface area contributed by atoms with Crippen molar-refractivity contribution in [2.45, 2.75) is 251 Å². The number of hydrogen-bond donors (Lipinski definition) is 19. The Labute approximate surface area is 604 Å². The largest absolute Gasteiger partial charge is 0.391 e. The Balaban J connectivity index is 3.43. The van der Waals surface area contributed by atoms with Crippen molar-refractivity contribution in [2.24, 2.45) is 40.7 Å². The topological polar surface area (TPSA) is 540 Å². The number of unbranched alkanes of at least 4 members (excludes halogenated alkanes) is 3. The van der Waals surface area contributed by atoms with E-state index in [1.807, 2.05) is 20.8 Å². The van der Waals surface area contributed by atoms with Gasteiger partial charge in [-0.1, -0.05) is 78.3 Å². The summed E-state index contributed by atoms with van der Waals surface area (Å²) in [6.07, 6.45) is 1.65. The molecular formula is C68H119N17O16S. The van der Waals surface area contributed by atoms with Crippen LogP contribution in [0.5, 0.6) is 0 Å². The predicted octanol–water partition coefficient (Wildman–Crippen LogP) is -3.25. The lowest BCUT2D eigenvalue weighted by molar-refractivity contribution is -0.137. The molecule has 0 unspecified atom stereocenters. The van der Waals surface area contributed by atoms with Crippen LogP contribution >= 0.6 is 11.8 Å². The van der Waals surface area contributed by atoms with E-state index in [2.05, 4.69) is 69.1 Å². The average Bonchev–Trinajstić information content (AvgIpc) is 0.858. The van der Waals surface area contributed by atoms with Crippen molar-refractivity contribution in [3.8, 4) is 0 Å². The van der Waals surface area contributed by atoms with E-state index in [0.717, 1.165) is 0 Å². The number of nitrogens with one attached hydrogen (secondary N) is 13. The van der Waals surface area contributed by atoms with Crippen molar-refractivity contribution in [2.75, 3.05) is 38.2 Å². The van der Waals surface area contributed by atoms with Crippen molar-refractivity contribution in [1.29, 1.82) is 0 Å². The number of aliphatic hydroxyl groups is 2. The van der Waals surface area contributed by atoms with Crippen LogP contribution in [0.3, 0.4) is 0 Å². The summed E-state index contributed by atoms with van der Waals surface area (Å²) in [6, 6.07) is -7.53. The zero-order valence-electron chi connectivity index (χ0n) is 61.5. The highest BCUT2D eigenvalue weighted by molar-refractivity contribution is 7.98. The van der Waals surface area contributed by atoms with Crippen molar-refractivity contribution in [3.05, 3.63) is 35.9 Å². The van der Waals surface area contributed by atoms with Gasteiger partial charge in [-0.05, 0) is 160 Å². The molecular weight excluding hydrogens is 1340 g/mol. The molecule has 0 fully saturated rings. The molecule has 14 amide bonds. The summed E-state index contributed by atoms with van der Waals surface area (Å²) in [5.74, 6) is -11.5. The number of benzene rings is 1. The summed E-state index contributed by atoms with van der Waals surface area (Å²) in [5.41, 5.74) is 23.4. The third-order valence-corrected chi connectivity index (χ3v) is 17.2. The quantitative estimate of drug-likeness (QED) is 0.0285. The van der Waals surface area contributed by atoms with Gasteiger partial charge < -0.3 is 102 Å². The summed E-state index contributed by atoms with van der Waals surface area (Å²) >= 11 is 1.38. The van der Waals surface area contributed by atoms with Crippen LogP contribution in [0.15, 0.2) is 30.3 Å². The van der Waals surface area contributed by atoms with Crippen molar-refractivity contribution in [3.63, 3.8) is 0 Å². The minimum Gasteiger partial charge on any atom is -0.391 e. The third-order valence-electron chi connectivity index (χ3n) is 16.5. The Morgan fingerprint density at radius 3 is 1.21 bits per heavy atom. The van der Waals surface area contributed by atoms with Crippen LogP contribution in [-0.4, -0.2) is 216 Å². The van der Waals surface area contributed by atoms with Crippen LogP contribution in [0.2, 0.25) is 0 Å². The maximum Gasteiger partial charge on any atom is 0.245 e. The van der Waals surface area contributed by atoms with Crippen LogP contribution in [0, 0.1) is 17.8 Å². The van der Waals surface area contributed by atoms with Crippen LogP contribution < -0.4 is 92.1 Å². The third kappa shape index (κ3) is 35.7. The highest BCUT2D eigenvalue weighted by Crippen LogP contribution is 2.14. The predicted molar refractivity (Wildman–Crippen MR) is 386 cm³/mol. The molecule has 0 radical (unpaired) electrons. The molecule has 0 saturated heterocycles. The number of aliphatic hydroxyl groups excluding tert-OH is 2. The van der Waals surface area contributed by atoms with Gasteiger partial charge in [0.05, 0.1) is 18.8 Å². The first-order chi connectivity index (χ1) is 48.0. The van der Waals surface area contributed by atoms with Gasteiger partial charge >= 0.3 is 0 Å². The van der Waals surface area contributed by atoms with E-state index >= 15 is 0 Å². The highest BCUT2D eigenvalue weighted by atomic mass is 32.2. The minimum atomic E-state index is -1.72. The maximum atomic E-state index is 14.3. The molecule has 34 heteroatoms. The Morgan fingerprint density at radius 2 is 0.794 bits per heavy atom. The molecule has 33 nitrogen and oxygen atoms in total.